The van der Waals surface area contributed by atoms with Crippen molar-refractivity contribution in [3.05, 3.63) is 0 Å². The number of phosphoric acid groups is 2. The Morgan fingerprint density at radius 1 is 0.287 bits per heavy atom. The maximum absolute atomic E-state index is 13.1. The van der Waals surface area contributed by atoms with Crippen molar-refractivity contribution >= 4 is 39.5 Å². The van der Waals surface area contributed by atoms with Crippen LogP contribution in [0.5, 0.6) is 0 Å². The minimum absolute atomic E-state index is 0.103. The molecule has 0 heterocycles. The molecule has 17 nitrogen and oxygen atoms in total. The summed E-state index contributed by atoms with van der Waals surface area (Å²) in [5, 5.41) is 10.6. The van der Waals surface area contributed by atoms with E-state index in [1.165, 1.54) is 186 Å². The van der Waals surface area contributed by atoms with Crippen LogP contribution < -0.4 is 0 Å². The number of carbonyl (C=O) groups is 4. The fourth-order valence-electron chi connectivity index (χ4n) is 11.4. The van der Waals surface area contributed by atoms with Crippen molar-refractivity contribution in [1.29, 1.82) is 0 Å². The molecular formula is C75H146O17P2. The molecule has 5 atom stereocenters. The minimum Gasteiger partial charge on any atom is -0.462 e. The third kappa shape index (κ3) is 68.6. The van der Waals surface area contributed by atoms with Crippen molar-refractivity contribution in [3.63, 3.8) is 0 Å². The average Bonchev–Trinajstić information content (AvgIpc) is 1.47. The maximum Gasteiger partial charge on any atom is 0.472 e. The normalized spacial score (nSPS) is 14.1. The smallest absolute Gasteiger partial charge is 0.462 e. The molecule has 0 amide bonds. The van der Waals surface area contributed by atoms with E-state index < -0.39 is 97.5 Å². The van der Waals surface area contributed by atoms with Crippen LogP contribution in [0.15, 0.2) is 0 Å². The fourth-order valence-corrected chi connectivity index (χ4v) is 13.0. The zero-order valence-electron chi connectivity index (χ0n) is 61.4. The molecule has 0 aromatic carbocycles. The van der Waals surface area contributed by atoms with Gasteiger partial charge in [0.25, 0.3) is 0 Å². The maximum atomic E-state index is 13.1. The van der Waals surface area contributed by atoms with Gasteiger partial charge in [-0.25, -0.2) is 9.13 Å². The standard InChI is InChI=1S/C75H146O17P2/c1-8-9-10-11-12-13-14-15-16-17-18-19-20-21-22-23-24-25-28-35-44-51-58-74(79)91-70(62-85-72(77)56-49-42-34-29-26-27-32-39-46-53-66(2)3)64-89-93(81,82)87-60-69(76)61-88-94(83,84)90-65-71(63-86-73(78)57-50-43-38-37-41-48-55-68(6)7)92-75(80)59-52-45-36-31-30-33-40-47-54-67(4)5/h66-71,76H,8-65H2,1-7H3,(H,81,82)(H,83,84)/t69-,70-,71-/m1/s1. The number of ether oxygens (including phenoxy) is 4. The molecule has 0 saturated heterocycles. The minimum atomic E-state index is -4.96. The quantitative estimate of drug-likeness (QED) is 0.0222. The summed E-state index contributed by atoms with van der Waals surface area (Å²) in [6, 6.07) is 0. The summed E-state index contributed by atoms with van der Waals surface area (Å²) in [6.45, 7) is 11.7. The fraction of sp³-hybridized carbons (Fsp3) is 0.947. The Morgan fingerprint density at radius 3 is 0.723 bits per heavy atom. The summed E-state index contributed by atoms with van der Waals surface area (Å²) in [7, 11) is -9.91. The monoisotopic (exact) mass is 1380 g/mol. The van der Waals surface area contributed by atoms with Crippen molar-refractivity contribution in [2.24, 2.45) is 17.8 Å². The summed E-state index contributed by atoms with van der Waals surface area (Å²) < 4.78 is 68.4. The number of esters is 4. The molecule has 0 saturated carbocycles. The van der Waals surface area contributed by atoms with Gasteiger partial charge in [-0.3, -0.25) is 37.3 Å². The molecule has 94 heavy (non-hydrogen) atoms. The van der Waals surface area contributed by atoms with Crippen LogP contribution in [-0.4, -0.2) is 96.7 Å². The highest BCUT2D eigenvalue weighted by atomic mass is 31.2. The van der Waals surface area contributed by atoms with Crippen molar-refractivity contribution in [1.82, 2.24) is 0 Å². The Bertz CT molecular complexity index is 1840. The van der Waals surface area contributed by atoms with Gasteiger partial charge in [0.1, 0.15) is 19.3 Å². The van der Waals surface area contributed by atoms with Crippen LogP contribution in [0.4, 0.5) is 0 Å². The number of phosphoric ester groups is 2. The molecule has 2 unspecified atom stereocenters. The van der Waals surface area contributed by atoms with E-state index in [-0.39, 0.29) is 25.7 Å². The Balaban J connectivity index is 5.16. The van der Waals surface area contributed by atoms with Gasteiger partial charge in [-0.15, -0.1) is 0 Å². The lowest BCUT2D eigenvalue weighted by Gasteiger charge is -2.21. The summed E-state index contributed by atoms with van der Waals surface area (Å²) >= 11 is 0. The Kier molecular flexibility index (Phi) is 64.3. The third-order valence-electron chi connectivity index (χ3n) is 17.4. The largest absolute Gasteiger partial charge is 0.472 e. The summed E-state index contributed by atoms with van der Waals surface area (Å²) in [5.74, 6) is 0.0152. The van der Waals surface area contributed by atoms with E-state index in [0.29, 0.717) is 31.6 Å². The van der Waals surface area contributed by atoms with Gasteiger partial charge in [0.05, 0.1) is 26.4 Å². The molecule has 0 aromatic rings. The van der Waals surface area contributed by atoms with Gasteiger partial charge in [0.15, 0.2) is 12.2 Å². The van der Waals surface area contributed by atoms with Crippen LogP contribution in [0.3, 0.4) is 0 Å². The second kappa shape index (κ2) is 65.7. The number of carbonyl (C=O) groups excluding carboxylic acids is 4. The van der Waals surface area contributed by atoms with Gasteiger partial charge in [0.2, 0.25) is 0 Å². The molecule has 0 aliphatic carbocycles. The number of unbranched alkanes of at least 4 members (excludes halogenated alkanes) is 41. The van der Waals surface area contributed by atoms with Gasteiger partial charge >= 0.3 is 39.5 Å². The molecule has 0 radical (unpaired) electrons. The number of rotatable bonds is 73. The van der Waals surface area contributed by atoms with Crippen LogP contribution in [-0.2, 0) is 65.4 Å². The second-order valence-corrected chi connectivity index (χ2v) is 31.4. The highest BCUT2D eigenvalue weighted by molar-refractivity contribution is 7.47. The van der Waals surface area contributed by atoms with Crippen LogP contribution in [0, 0.1) is 17.8 Å². The Labute approximate surface area is 575 Å². The lowest BCUT2D eigenvalue weighted by Crippen LogP contribution is -2.30. The molecule has 0 rings (SSSR count). The SMILES string of the molecule is CCCCCCCCCCCCCCCCCCCCCCCCC(=O)O[C@H](COC(=O)CCCCCCCCCCCC(C)C)COP(=O)(O)OC[C@@H](O)COP(=O)(O)OC[C@@H](COC(=O)CCCCCCCCC(C)C)OC(=O)CCCCCCCCCCC(C)C. The van der Waals surface area contributed by atoms with E-state index in [1.54, 1.807) is 0 Å². The van der Waals surface area contributed by atoms with E-state index in [0.717, 1.165) is 108 Å². The average molecular weight is 1380 g/mol. The van der Waals surface area contributed by atoms with Crippen molar-refractivity contribution < 1.29 is 80.2 Å². The zero-order chi connectivity index (χ0) is 69.4. The first-order chi connectivity index (χ1) is 45.2. The highest BCUT2D eigenvalue weighted by Crippen LogP contribution is 2.45. The predicted octanol–water partition coefficient (Wildman–Crippen LogP) is 21.8. The number of hydrogen-bond acceptors (Lipinski definition) is 15. The first kappa shape index (κ1) is 92.1. The molecule has 19 heteroatoms. The molecule has 0 aromatic heterocycles. The molecule has 558 valence electrons. The molecule has 0 bridgehead atoms. The topological polar surface area (TPSA) is 237 Å². The van der Waals surface area contributed by atoms with Crippen LogP contribution in [0.1, 0.15) is 382 Å². The van der Waals surface area contributed by atoms with Crippen molar-refractivity contribution in [2.45, 2.75) is 401 Å². The molecular weight excluding hydrogens is 1230 g/mol. The number of aliphatic hydroxyl groups is 1. The molecule has 0 aliphatic heterocycles. The zero-order valence-corrected chi connectivity index (χ0v) is 63.2. The van der Waals surface area contributed by atoms with E-state index in [4.69, 9.17) is 37.0 Å². The molecule has 0 fully saturated rings. The molecule has 3 N–H and O–H groups in total. The predicted molar refractivity (Wildman–Crippen MR) is 381 cm³/mol. The highest BCUT2D eigenvalue weighted by Gasteiger charge is 2.30. The molecule has 0 spiro atoms. The Morgan fingerprint density at radius 2 is 0.489 bits per heavy atom. The second-order valence-electron chi connectivity index (χ2n) is 28.5. The lowest BCUT2D eigenvalue weighted by atomic mass is 10.0. The van der Waals surface area contributed by atoms with Gasteiger partial charge in [-0.2, -0.15) is 0 Å². The third-order valence-corrected chi connectivity index (χ3v) is 19.3. The van der Waals surface area contributed by atoms with E-state index in [2.05, 4.69) is 48.5 Å². The lowest BCUT2D eigenvalue weighted by molar-refractivity contribution is -0.161. The first-order valence-electron chi connectivity index (χ1n) is 38.8. The van der Waals surface area contributed by atoms with Gasteiger partial charge < -0.3 is 33.8 Å². The van der Waals surface area contributed by atoms with Crippen LogP contribution >= 0.6 is 15.6 Å². The van der Waals surface area contributed by atoms with E-state index in [1.807, 2.05) is 0 Å². The van der Waals surface area contributed by atoms with E-state index >= 15 is 0 Å². The van der Waals surface area contributed by atoms with Crippen LogP contribution in [0.2, 0.25) is 0 Å². The first-order valence-corrected chi connectivity index (χ1v) is 41.8. The van der Waals surface area contributed by atoms with Crippen molar-refractivity contribution in [2.75, 3.05) is 39.6 Å². The van der Waals surface area contributed by atoms with Gasteiger partial charge in [0, 0.05) is 25.7 Å². The molecule has 0 aliphatic rings. The summed E-state index contributed by atoms with van der Waals surface area (Å²) in [5.41, 5.74) is 0. The van der Waals surface area contributed by atoms with Gasteiger partial charge in [-0.1, -0.05) is 331 Å². The summed E-state index contributed by atoms with van der Waals surface area (Å²) in [4.78, 5) is 72.6. The summed E-state index contributed by atoms with van der Waals surface area (Å²) in [6.07, 6.45) is 51.8. The van der Waals surface area contributed by atoms with Crippen LogP contribution in [0.25, 0.3) is 0 Å². The van der Waals surface area contributed by atoms with Crippen molar-refractivity contribution in [3.8, 4) is 0 Å². The van der Waals surface area contributed by atoms with E-state index in [9.17, 15) is 43.2 Å². The number of aliphatic hydroxyl groups excluding tert-OH is 1. The number of hydrogen-bond donors (Lipinski definition) is 3. The Hall–Kier alpha value is -1.94. The van der Waals surface area contributed by atoms with Gasteiger partial charge in [-0.05, 0) is 43.4 Å².